The van der Waals surface area contributed by atoms with Gasteiger partial charge in [-0.1, -0.05) is 0 Å². The van der Waals surface area contributed by atoms with Gasteiger partial charge in [0.25, 0.3) is 0 Å². The van der Waals surface area contributed by atoms with Crippen molar-refractivity contribution in [2.75, 3.05) is 7.05 Å². The summed E-state index contributed by atoms with van der Waals surface area (Å²) < 4.78 is 39.5. The van der Waals surface area contributed by atoms with E-state index in [2.05, 4.69) is 10.2 Å². The first-order valence-electron chi connectivity index (χ1n) is 6.01. The van der Waals surface area contributed by atoms with Crippen LogP contribution in [0.2, 0.25) is 0 Å². The Labute approximate surface area is 121 Å². The number of nitriles is 1. The number of hydrogen-bond donors (Lipinski definition) is 1. The lowest BCUT2D eigenvalue weighted by molar-refractivity contribution is 0.456. The maximum Gasteiger partial charge on any atom is 0.246 e. The highest BCUT2D eigenvalue weighted by Crippen LogP contribution is 2.20. The number of sulfonamides is 1. The van der Waals surface area contributed by atoms with Crippen LogP contribution >= 0.6 is 0 Å². The van der Waals surface area contributed by atoms with Gasteiger partial charge in [-0.15, -0.1) is 0 Å². The fourth-order valence-electron chi connectivity index (χ4n) is 1.86. The molecule has 1 aromatic heterocycles. The second-order valence-corrected chi connectivity index (χ2v) is 6.55. The molecule has 0 saturated carbocycles. The zero-order valence-corrected chi connectivity index (χ0v) is 12.3. The highest BCUT2D eigenvalue weighted by atomic mass is 32.2. The fraction of sp³-hybridized carbons (Fsp3) is 0.231. The summed E-state index contributed by atoms with van der Waals surface area (Å²) >= 11 is 0. The standard InChI is InChI=1S/C13H13FN4O2S/c1-9-13(7-16-17-9)21(19,20)18(2)8-11-5-10(6-15)3-4-12(11)14/h3-5,7H,8H2,1-2H3,(H,16,17). The molecule has 1 aromatic carbocycles. The van der Waals surface area contributed by atoms with Crippen molar-refractivity contribution >= 4 is 10.0 Å². The molecule has 0 saturated heterocycles. The van der Waals surface area contributed by atoms with E-state index in [1.54, 1.807) is 6.92 Å². The molecule has 21 heavy (non-hydrogen) atoms. The molecule has 0 aliphatic carbocycles. The highest BCUT2D eigenvalue weighted by Gasteiger charge is 2.25. The van der Waals surface area contributed by atoms with Crippen LogP contribution in [0.3, 0.4) is 0 Å². The van der Waals surface area contributed by atoms with E-state index >= 15 is 0 Å². The summed E-state index contributed by atoms with van der Waals surface area (Å²) in [5.41, 5.74) is 0.825. The summed E-state index contributed by atoms with van der Waals surface area (Å²) in [5, 5.41) is 15.0. The van der Waals surface area contributed by atoms with Crippen LogP contribution in [0.4, 0.5) is 4.39 Å². The van der Waals surface area contributed by atoms with E-state index in [9.17, 15) is 12.8 Å². The van der Waals surface area contributed by atoms with Gasteiger partial charge in [0.1, 0.15) is 10.7 Å². The smallest absolute Gasteiger partial charge is 0.246 e. The molecular formula is C13H13FN4O2S. The number of nitrogens with zero attached hydrogens (tertiary/aromatic N) is 3. The predicted molar refractivity (Wildman–Crippen MR) is 73.1 cm³/mol. The van der Waals surface area contributed by atoms with Gasteiger partial charge < -0.3 is 0 Å². The number of halogens is 1. The van der Waals surface area contributed by atoms with Gasteiger partial charge in [0.05, 0.1) is 23.5 Å². The third-order valence-electron chi connectivity index (χ3n) is 3.04. The Hall–Kier alpha value is -2.24. The minimum Gasteiger partial charge on any atom is -0.281 e. The molecule has 0 atom stereocenters. The third-order valence-corrected chi connectivity index (χ3v) is 4.96. The molecular weight excluding hydrogens is 295 g/mol. The van der Waals surface area contributed by atoms with Crippen molar-refractivity contribution in [2.24, 2.45) is 0 Å². The van der Waals surface area contributed by atoms with E-state index in [1.165, 1.54) is 25.4 Å². The third kappa shape index (κ3) is 2.94. The lowest BCUT2D eigenvalue weighted by Gasteiger charge is -2.17. The number of H-pyrrole nitrogens is 1. The van der Waals surface area contributed by atoms with Gasteiger partial charge in [0.2, 0.25) is 10.0 Å². The molecule has 8 heteroatoms. The Morgan fingerprint density at radius 3 is 2.76 bits per heavy atom. The Morgan fingerprint density at radius 2 is 2.19 bits per heavy atom. The lowest BCUT2D eigenvalue weighted by atomic mass is 10.1. The number of nitrogens with one attached hydrogen (secondary N) is 1. The topological polar surface area (TPSA) is 89.8 Å². The zero-order chi connectivity index (χ0) is 15.6. The monoisotopic (exact) mass is 308 g/mol. The Balaban J connectivity index is 2.32. The SMILES string of the molecule is Cc1[nH]ncc1S(=O)(=O)N(C)Cc1cc(C#N)ccc1F. The van der Waals surface area contributed by atoms with Gasteiger partial charge in [0, 0.05) is 19.2 Å². The van der Waals surface area contributed by atoms with Gasteiger partial charge in [-0.25, -0.2) is 12.8 Å². The Kier molecular flexibility index (Phi) is 4.06. The molecule has 0 fully saturated rings. The van der Waals surface area contributed by atoms with Crippen molar-refractivity contribution < 1.29 is 12.8 Å². The van der Waals surface area contributed by atoms with Crippen LogP contribution in [0.5, 0.6) is 0 Å². The molecule has 2 rings (SSSR count). The van der Waals surface area contributed by atoms with Crippen LogP contribution in [-0.4, -0.2) is 30.0 Å². The van der Waals surface area contributed by atoms with Crippen molar-refractivity contribution in [3.63, 3.8) is 0 Å². The van der Waals surface area contributed by atoms with Gasteiger partial charge in [0.15, 0.2) is 0 Å². The maximum absolute atomic E-state index is 13.7. The van der Waals surface area contributed by atoms with Crippen LogP contribution in [0.1, 0.15) is 16.8 Å². The first kappa shape index (κ1) is 15.2. The van der Waals surface area contributed by atoms with Crippen molar-refractivity contribution in [2.45, 2.75) is 18.4 Å². The van der Waals surface area contributed by atoms with E-state index < -0.39 is 15.8 Å². The first-order valence-corrected chi connectivity index (χ1v) is 7.45. The van der Waals surface area contributed by atoms with Crippen LogP contribution in [0, 0.1) is 24.1 Å². The van der Waals surface area contributed by atoms with E-state index in [0.717, 1.165) is 10.4 Å². The molecule has 1 heterocycles. The average Bonchev–Trinajstić information content (AvgIpc) is 2.88. The highest BCUT2D eigenvalue weighted by molar-refractivity contribution is 7.89. The molecule has 110 valence electrons. The number of hydrogen-bond acceptors (Lipinski definition) is 4. The maximum atomic E-state index is 13.7. The summed E-state index contributed by atoms with van der Waals surface area (Å²) in [7, 11) is -2.42. The summed E-state index contributed by atoms with van der Waals surface area (Å²) in [6, 6.07) is 5.72. The zero-order valence-electron chi connectivity index (χ0n) is 11.5. The molecule has 0 amide bonds. The second-order valence-electron chi connectivity index (χ2n) is 4.54. The minimum absolute atomic E-state index is 0.0434. The van der Waals surface area contributed by atoms with Crippen LogP contribution in [-0.2, 0) is 16.6 Å². The minimum atomic E-state index is -3.77. The van der Waals surface area contributed by atoms with Crippen molar-refractivity contribution in [1.82, 2.24) is 14.5 Å². The quantitative estimate of drug-likeness (QED) is 0.928. The van der Waals surface area contributed by atoms with E-state index in [4.69, 9.17) is 5.26 Å². The molecule has 0 bridgehead atoms. The van der Waals surface area contributed by atoms with E-state index in [0.29, 0.717) is 5.69 Å². The summed E-state index contributed by atoms with van der Waals surface area (Å²) in [5.74, 6) is -0.556. The number of aromatic amines is 1. The number of benzene rings is 1. The normalized spacial score (nSPS) is 11.6. The molecule has 0 radical (unpaired) electrons. The van der Waals surface area contributed by atoms with Gasteiger partial charge >= 0.3 is 0 Å². The Bertz CT molecular complexity index is 808. The van der Waals surface area contributed by atoms with E-state index in [1.807, 2.05) is 6.07 Å². The van der Waals surface area contributed by atoms with Crippen LogP contribution in [0.15, 0.2) is 29.3 Å². The molecule has 0 aliphatic heterocycles. The Morgan fingerprint density at radius 1 is 1.48 bits per heavy atom. The molecule has 1 N–H and O–H groups in total. The second kappa shape index (κ2) is 5.63. The van der Waals surface area contributed by atoms with Crippen LogP contribution < -0.4 is 0 Å². The summed E-state index contributed by atoms with van der Waals surface area (Å²) in [4.78, 5) is 0.0434. The fourth-order valence-corrected chi connectivity index (χ4v) is 3.12. The van der Waals surface area contributed by atoms with Crippen molar-refractivity contribution in [1.29, 1.82) is 5.26 Å². The molecule has 0 spiro atoms. The number of rotatable bonds is 4. The van der Waals surface area contributed by atoms with E-state index in [-0.39, 0.29) is 22.6 Å². The van der Waals surface area contributed by atoms with Gasteiger partial charge in [-0.2, -0.15) is 14.7 Å². The van der Waals surface area contributed by atoms with Crippen molar-refractivity contribution in [3.05, 3.63) is 47.0 Å². The number of aromatic nitrogens is 2. The predicted octanol–water partition coefficient (Wildman–Crippen LogP) is 1.55. The summed E-state index contributed by atoms with van der Waals surface area (Å²) in [6.07, 6.45) is 1.21. The van der Waals surface area contributed by atoms with Crippen LogP contribution in [0.25, 0.3) is 0 Å². The lowest BCUT2D eigenvalue weighted by Crippen LogP contribution is -2.27. The average molecular weight is 308 g/mol. The first-order chi connectivity index (χ1) is 9.86. The summed E-state index contributed by atoms with van der Waals surface area (Å²) in [6.45, 7) is 1.42. The van der Waals surface area contributed by atoms with Gasteiger partial charge in [-0.05, 0) is 25.1 Å². The van der Waals surface area contributed by atoms with Crippen molar-refractivity contribution in [3.8, 4) is 6.07 Å². The molecule has 0 unspecified atom stereocenters. The molecule has 6 nitrogen and oxygen atoms in total. The largest absolute Gasteiger partial charge is 0.281 e. The van der Waals surface area contributed by atoms with Gasteiger partial charge in [-0.3, -0.25) is 5.10 Å². The molecule has 2 aromatic rings. The molecule has 0 aliphatic rings. The number of aryl methyl sites for hydroxylation is 1.